The normalized spacial score (nSPS) is 14.1. The quantitative estimate of drug-likeness (QED) is 0.672. The van der Waals surface area contributed by atoms with Crippen molar-refractivity contribution < 1.29 is 19.5 Å². The molecule has 0 saturated carbocycles. The Morgan fingerprint density at radius 3 is 2.53 bits per heavy atom. The van der Waals surface area contributed by atoms with Crippen LogP contribution in [0.4, 0.5) is 0 Å². The summed E-state index contributed by atoms with van der Waals surface area (Å²) in [6.07, 6.45) is -0.343. The predicted octanol–water partition coefficient (Wildman–Crippen LogP) is -0.269. The van der Waals surface area contributed by atoms with Crippen molar-refractivity contribution in [2.24, 2.45) is 0 Å². The molecule has 1 aliphatic heterocycles. The molecule has 1 aromatic carbocycles. The summed E-state index contributed by atoms with van der Waals surface area (Å²) in [5.41, 5.74) is 1.55. The lowest BCUT2D eigenvalue weighted by molar-refractivity contribution is -0.305. The summed E-state index contributed by atoms with van der Waals surface area (Å²) in [6.45, 7) is 1.68. The molecule has 0 N–H and O–H groups in total. The van der Waals surface area contributed by atoms with E-state index in [0.717, 1.165) is 10.5 Å². The summed E-state index contributed by atoms with van der Waals surface area (Å²) in [5.74, 6) is -2.15. The van der Waals surface area contributed by atoms with Gasteiger partial charge in [0.25, 0.3) is 11.8 Å². The lowest BCUT2D eigenvalue weighted by Crippen LogP contribution is -2.34. The summed E-state index contributed by atoms with van der Waals surface area (Å²) in [7, 11) is 0. The average molecular weight is 232 g/mol. The third-order valence-corrected chi connectivity index (χ3v) is 2.67. The van der Waals surface area contributed by atoms with Crippen LogP contribution in [0, 0.1) is 6.92 Å². The molecule has 0 fully saturated rings. The lowest BCUT2D eigenvalue weighted by Gasteiger charge is -2.13. The fraction of sp³-hybridized carbons (Fsp3) is 0.250. The first-order valence-corrected chi connectivity index (χ1v) is 5.17. The summed E-state index contributed by atoms with van der Waals surface area (Å²) in [4.78, 5) is 35.0. The van der Waals surface area contributed by atoms with E-state index in [1.165, 1.54) is 0 Å². The van der Waals surface area contributed by atoms with Gasteiger partial charge in [-0.1, -0.05) is 11.6 Å². The molecule has 0 atom stereocenters. The molecule has 0 saturated heterocycles. The molecule has 88 valence electrons. The zero-order valence-electron chi connectivity index (χ0n) is 9.23. The Balaban J connectivity index is 2.29. The third kappa shape index (κ3) is 1.91. The maximum Gasteiger partial charge on any atom is 0.261 e. The van der Waals surface area contributed by atoms with E-state index in [9.17, 15) is 19.5 Å². The molecule has 2 amide bonds. The number of aliphatic carboxylic acids is 1. The third-order valence-electron chi connectivity index (χ3n) is 2.67. The van der Waals surface area contributed by atoms with Crippen molar-refractivity contribution in [1.29, 1.82) is 0 Å². The second kappa shape index (κ2) is 4.01. The van der Waals surface area contributed by atoms with Gasteiger partial charge in [-0.15, -0.1) is 0 Å². The number of aryl methyl sites for hydroxylation is 1. The van der Waals surface area contributed by atoms with Crippen molar-refractivity contribution in [3.8, 4) is 0 Å². The number of imide groups is 1. The highest BCUT2D eigenvalue weighted by atomic mass is 16.4. The summed E-state index contributed by atoms with van der Waals surface area (Å²) < 4.78 is 0. The van der Waals surface area contributed by atoms with E-state index in [4.69, 9.17) is 0 Å². The molecule has 17 heavy (non-hydrogen) atoms. The molecule has 0 radical (unpaired) electrons. The Morgan fingerprint density at radius 1 is 1.24 bits per heavy atom. The standard InChI is InChI=1S/C12H11NO4/c1-7-2-3-8-9(6-7)12(17)13(11(8)16)5-4-10(14)15/h2-3,6H,4-5H2,1H3,(H,14,15)/p-1. The highest BCUT2D eigenvalue weighted by molar-refractivity contribution is 6.21. The van der Waals surface area contributed by atoms with E-state index < -0.39 is 17.8 Å². The van der Waals surface area contributed by atoms with Crippen LogP contribution in [-0.4, -0.2) is 29.2 Å². The zero-order chi connectivity index (χ0) is 12.6. The number of nitrogens with zero attached hydrogens (tertiary/aromatic N) is 1. The largest absolute Gasteiger partial charge is 0.550 e. The number of fused-ring (bicyclic) bond motifs is 1. The molecule has 0 aromatic heterocycles. The van der Waals surface area contributed by atoms with Crippen LogP contribution in [0.2, 0.25) is 0 Å². The molecular weight excluding hydrogens is 222 g/mol. The highest BCUT2D eigenvalue weighted by Gasteiger charge is 2.34. The van der Waals surface area contributed by atoms with Crippen LogP contribution in [0.3, 0.4) is 0 Å². The van der Waals surface area contributed by atoms with Gasteiger partial charge in [-0.25, -0.2) is 0 Å². The van der Waals surface area contributed by atoms with Crippen molar-refractivity contribution in [2.45, 2.75) is 13.3 Å². The van der Waals surface area contributed by atoms with Gasteiger partial charge in [-0.3, -0.25) is 14.5 Å². The van der Waals surface area contributed by atoms with Gasteiger partial charge in [0.2, 0.25) is 0 Å². The van der Waals surface area contributed by atoms with Crippen LogP contribution >= 0.6 is 0 Å². The number of rotatable bonds is 3. The van der Waals surface area contributed by atoms with Crippen molar-refractivity contribution in [3.63, 3.8) is 0 Å². The van der Waals surface area contributed by atoms with Crippen molar-refractivity contribution >= 4 is 17.8 Å². The van der Waals surface area contributed by atoms with Gasteiger partial charge in [0.05, 0.1) is 11.1 Å². The van der Waals surface area contributed by atoms with Crippen LogP contribution in [0.1, 0.15) is 32.7 Å². The number of amides is 2. The minimum Gasteiger partial charge on any atom is -0.550 e. The number of carbonyl (C=O) groups is 3. The predicted molar refractivity (Wildman–Crippen MR) is 56.2 cm³/mol. The minimum absolute atomic E-state index is 0.145. The van der Waals surface area contributed by atoms with Gasteiger partial charge >= 0.3 is 0 Å². The van der Waals surface area contributed by atoms with E-state index in [1.807, 2.05) is 6.92 Å². The number of carboxylic acid groups (broad SMARTS) is 1. The van der Waals surface area contributed by atoms with E-state index in [0.29, 0.717) is 11.1 Å². The molecular formula is C12H10NO4-. The number of carbonyl (C=O) groups excluding carboxylic acids is 3. The highest BCUT2D eigenvalue weighted by Crippen LogP contribution is 2.23. The molecule has 0 bridgehead atoms. The second-order valence-corrected chi connectivity index (χ2v) is 3.93. The first kappa shape index (κ1) is 11.3. The molecule has 0 aliphatic carbocycles. The molecule has 5 nitrogen and oxygen atoms in total. The molecule has 1 aliphatic rings. The molecule has 5 heteroatoms. The van der Waals surface area contributed by atoms with Crippen LogP contribution in [0.15, 0.2) is 18.2 Å². The van der Waals surface area contributed by atoms with E-state index in [2.05, 4.69) is 0 Å². The Bertz CT molecular complexity index is 521. The monoisotopic (exact) mass is 232 g/mol. The molecule has 2 rings (SSSR count). The Morgan fingerprint density at radius 2 is 1.88 bits per heavy atom. The van der Waals surface area contributed by atoms with Crippen LogP contribution in [0.5, 0.6) is 0 Å². The van der Waals surface area contributed by atoms with E-state index in [1.54, 1.807) is 18.2 Å². The first-order valence-electron chi connectivity index (χ1n) is 5.17. The summed E-state index contributed by atoms with van der Waals surface area (Å²) >= 11 is 0. The maximum absolute atomic E-state index is 11.9. The fourth-order valence-corrected chi connectivity index (χ4v) is 1.81. The van der Waals surface area contributed by atoms with Crippen LogP contribution in [0.25, 0.3) is 0 Å². The van der Waals surface area contributed by atoms with Gasteiger partial charge in [0.15, 0.2) is 0 Å². The van der Waals surface area contributed by atoms with Gasteiger partial charge < -0.3 is 9.90 Å². The second-order valence-electron chi connectivity index (χ2n) is 3.93. The average Bonchev–Trinajstić information content (AvgIpc) is 2.49. The van der Waals surface area contributed by atoms with Gasteiger partial charge in [-0.2, -0.15) is 0 Å². The Kier molecular flexibility index (Phi) is 2.67. The number of hydrogen-bond donors (Lipinski definition) is 0. The maximum atomic E-state index is 11.9. The molecule has 0 spiro atoms. The van der Waals surface area contributed by atoms with Crippen molar-refractivity contribution in [3.05, 3.63) is 34.9 Å². The minimum atomic E-state index is -1.28. The smallest absolute Gasteiger partial charge is 0.261 e. The number of hydrogen-bond acceptors (Lipinski definition) is 4. The molecule has 0 unspecified atom stereocenters. The topological polar surface area (TPSA) is 77.5 Å². The van der Waals surface area contributed by atoms with Crippen molar-refractivity contribution in [2.75, 3.05) is 6.54 Å². The zero-order valence-corrected chi connectivity index (χ0v) is 9.23. The lowest BCUT2D eigenvalue weighted by atomic mass is 10.1. The number of carboxylic acids is 1. The molecule has 1 aromatic rings. The van der Waals surface area contributed by atoms with E-state index in [-0.39, 0.29) is 13.0 Å². The summed E-state index contributed by atoms with van der Waals surface area (Å²) in [5, 5.41) is 10.3. The van der Waals surface area contributed by atoms with Gasteiger partial charge in [0, 0.05) is 18.9 Å². The van der Waals surface area contributed by atoms with E-state index >= 15 is 0 Å². The van der Waals surface area contributed by atoms with Crippen molar-refractivity contribution in [1.82, 2.24) is 4.90 Å². The number of benzene rings is 1. The molecule has 1 heterocycles. The Hall–Kier alpha value is -2.17. The Labute approximate surface area is 97.7 Å². The SMILES string of the molecule is Cc1ccc2c(c1)C(=O)N(CCC(=O)[O-])C2=O. The van der Waals surface area contributed by atoms with Crippen LogP contribution in [-0.2, 0) is 4.79 Å². The summed E-state index contributed by atoms with van der Waals surface area (Å²) in [6, 6.07) is 4.96. The van der Waals surface area contributed by atoms with Crippen LogP contribution < -0.4 is 5.11 Å². The fourth-order valence-electron chi connectivity index (χ4n) is 1.81. The van der Waals surface area contributed by atoms with Gasteiger partial charge in [0.1, 0.15) is 0 Å². The first-order chi connectivity index (χ1) is 8.00. The van der Waals surface area contributed by atoms with Gasteiger partial charge in [-0.05, 0) is 19.1 Å².